The summed E-state index contributed by atoms with van der Waals surface area (Å²) in [4.78, 5) is 0. The Kier molecular flexibility index (Phi) is 3.53. The van der Waals surface area contributed by atoms with E-state index in [9.17, 15) is 8.78 Å². The van der Waals surface area contributed by atoms with Crippen LogP contribution in [0.15, 0.2) is 18.2 Å². The minimum absolute atomic E-state index is 0.110. The third kappa shape index (κ3) is 2.40. The topological polar surface area (TPSA) is 27.7 Å². The second-order valence-corrected chi connectivity index (χ2v) is 3.53. The Morgan fingerprint density at radius 3 is 2.50 bits per heavy atom. The van der Waals surface area contributed by atoms with Crippen molar-refractivity contribution >= 4 is 12.6 Å². The molecular formula is C10H11BF2O3. The molecule has 0 amide bonds. The van der Waals surface area contributed by atoms with Gasteiger partial charge in [-0.2, -0.15) is 0 Å². The monoisotopic (exact) mass is 228 g/mol. The number of rotatable bonds is 2. The van der Waals surface area contributed by atoms with Crippen LogP contribution in [-0.2, 0) is 14.0 Å². The molecule has 2 rings (SSSR count). The Labute approximate surface area is 92.4 Å². The maximum atomic E-state index is 13.0. The Morgan fingerprint density at radius 1 is 1.25 bits per heavy atom. The van der Waals surface area contributed by atoms with Gasteiger partial charge in [0.15, 0.2) is 11.6 Å². The van der Waals surface area contributed by atoms with Gasteiger partial charge in [0.2, 0.25) is 0 Å². The second kappa shape index (κ2) is 4.90. The molecule has 86 valence electrons. The lowest BCUT2D eigenvalue weighted by Crippen LogP contribution is -2.46. The molecule has 1 aliphatic rings. The molecule has 0 radical (unpaired) electrons. The molecule has 1 aromatic carbocycles. The predicted molar refractivity (Wildman–Crippen MR) is 54.4 cm³/mol. The molecule has 6 heteroatoms. The SMILES string of the molecule is COC1COB(c2ccc(F)c(F)c2)OC1. The minimum Gasteiger partial charge on any atom is -0.404 e. The van der Waals surface area contributed by atoms with Crippen LogP contribution in [0.25, 0.3) is 0 Å². The summed E-state index contributed by atoms with van der Waals surface area (Å²) < 4.78 is 41.4. The van der Waals surface area contributed by atoms with Gasteiger partial charge in [-0.25, -0.2) is 8.78 Å². The van der Waals surface area contributed by atoms with Crippen LogP contribution < -0.4 is 5.46 Å². The van der Waals surface area contributed by atoms with Crippen LogP contribution in [-0.4, -0.2) is 33.5 Å². The van der Waals surface area contributed by atoms with Crippen molar-refractivity contribution in [3.63, 3.8) is 0 Å². The fourth-order valence-corrected chi connectivity index (χ4v) is 1.47. The van der Waals surface area contributed by atoms with E-state index in [0.29, 0.717) is 18.7 Å². The molecule has 3 nitrogen and oxygen atoms in total. The molecule has 1 saturated heterocycles. The predicted octanol–water partition coefficient (Wildman–Crippen LogP) is 0.722. The Balaban J connectivity index is 2.05. The summed E-state index contributed by atoms with van der Waals surface area (Å²) in [5, 5.41) is 0. The summed E-state index contributed by atoms with van der Waals surface area (Å²) in [6.07, 6.45) is -0.110. The van der Waals surface area contributed by atoms with Gasteiger partial charge < -0.3 is 14.0 Å². The lowest BCUT2D eigenvalue weighted by Gasteiger charge is -2.26. The van der Waals surface area contributed by atoms with Crippen LogP contribution in [0.2, 0.25) is 0 Å². The van der Waals surface area contributed by atoms with Gasteiger partial charge in [0, 0.05) is 7.11 Å². The van der Waals surface area contributed by atoms with E-state index in [1.807, 2.05) is 0 Å². The first-order chi connectivity index (χ1) is 7.70. The van der Waals surface area contributed by atoms with Crippen molar-refractivity contribution in [2.75, 3.05) is 20.3 Å². The van der Waals surface area contributed by atoms with Crippen molar-refractivity contribution in [2.45, 2.75) is 6.10 Å². The molecule has 0 bridgehead atoms. The molecule has 0 aromatic heterocycles. The normalized spacial score (nSPS) is 17.8. The van der Waals surface area contributed by atoms with Crippen LogP contribution in [0.1, 0.15) is 0 Å². The Hall–Kier alpha value is -0.975. The molecule has 16 heavy (non-hydrogen) atoms. The molecule has 0 N–H and O–H groups in total. The van der Waals surface area contributed by atoms with Gasteiger partial charge in [0.25, 0.3) is 0 Å². The highest BCUT2D eigenvalue weighted by Gasteiger charge is 2.29. The van der Waals surface area contributed by atoms with Gasteiger partial charge in [-0.15, -0.1) is 0 Å². The molecule has 0 aliphatic carbocycles. The number of hydrogen-bond donors (Lipinski definition) is 0. The van der Waals surface area contributed by atoms with Crippen LogP contribution >= 0.6 is 0 Å². The van der Waals surface area contributed by atoms with E-state index in [1.54, 1.807) is 7.11 Å². The van der Waals surface area contributed by atoms with Crippen molar-refractivity contribution in [1.82, 2.24) is 0 Å². The van der Waals surface area contributed by atoms with E-state index >= 15 is 0 Å². The van der Waals surface area contributed by atoms with E-state index in [-0.39, 0.29) is 6.10 Å². The third-order valence-corrected chi connectivity index (χ3v) is 2.42. The van der Waals surface area contributed by atoms with E-state index in [4.69, 9.17) is 14.0 Å². The molecule has 1 heterocycles. The second-order valence-electron chi connectivity index (χ2n) is 3.53. The fourth-order valence-electron chi connectivity index (χ4n) is 1.47. The first-order valence-electron chi connectivity index (χ1n) is 4.91. The number of hydrogen-bond acceptors (Lipinski definition) is 3. The van der Waals surface area contributed by atoms with Crippen molar-refractivity contribution in [3.05, 3.63) is 29.8 Å². The van der Waals surface area contributed by atoms with Gasteiger partial charge in [-0.1, -0.05) is 6.07 Å². The van der Waals surface area contributed by atoms with E-state index in [1.165, 1.54) is 6.07 Å². The summed E-state index contributed by atoms with van der Waals surface area (Å²) >= 11 is 0. The number of halogens is 2. The van der Waals surface area contributed by atoms with Crippen LogP contribution in [0.5, 0.6) is 0 Å². The first-order valence-corrected chi connectivity index (χ1v) is 4.91. The quantitative estimate of drug-likeness (QED) is 0.698. The van der Waals surface area contributed by atoms with Gasteiger partial charge in [-0.05, 0) is 17.6 Å². The highest BCUT2D eigenvalue weighted by Crippen LogP contribution is 2.08. The van der Waals surface area contributed by atoms with E-state index in [0.717, 1.165) is 12.1 Å². The lowest BCUT2D eigenvalue weighted by atomic mass is 9.78. The summed E-state index contributed by atoms with van der Waals surface area (Å²) in [6.45, 7) is 0.750. The molecule has 1 aromatic rings. The summed E-state index contributed by atoms with van der Waals surface area (Å²) in [5.74, 6) is -1.78. The summed E-state index contributed by atoms with van der Waals surface area (Å²) in [6, 6.07) is 3.57. The third-order valence-electron chi connectivity index (χ3n) is 2.42. The van der Waals surface area contributed by atoms with Crippen molar-refractivity contribution in [3.8, 4) is 0 Å². The minimum atomic E-state index is -0.904. The van der Waals surface area contributed by atoms with E-state index < -0.39 is 18.8 Å². The van der Waals surface area contributed by atoms with Crippen molar-refractivity contribution in [2.24, 2.45) is 0 Å². The van der Waals surface area contributed by atoms with Crippen LogP contribution in [0.3, 0.4) is 0 Å². The number of methoxy groups -OCH3 is 1. The number of ether oxygens (including phenoxy) is 1. The van der Waals surface area contributed by atoms with Crippen LogP contribution in [0.4, 0.5) is 8.78 Å². The zero-order chi connectivity index (χ0) is 11.5. The molecule has 0 saturated carbocycles. The lowest BCUT2D eigenvalue weighted by molar-refractivity contribution is -0.0187. The molecular weight excluding hydrogens is 217 g/mol. The highest BCUT2D eigenvalue weighted by molar-refractivity contribution is 6.61. The largest absolute Gasteiger partial charge is 0.494 e. The fraction of sp³-hybridized carbons (Fsp3) is 0.400. The zero-order valence-electron chi connectivity index (χ0n) is 8.78. The Bertz CT molecular complexity index is 367. The average Bonchev–Trinajstić information content (AvgIpc) is 2.33. The molecule has 1 fully saturated rings. The summed E-state index contributed by atoms with van der Waals surface area (Å²) in [5.41, 5.74) is 0.466. The van der Waals surface area contributed by atoms with Crippen molar-refractivity contribution < 1.29 is 22.8 Å². The number of benzene rings is 1. The van der Waals surface area contributed by atoms with Gasteiger partial charge in [-0.3, -0.25) is 0 Å². The smallest absolute Gasteiger partial charge is 0.404 e. The molecule has 1 aliphatic heterocycles. The molecule has 0 spiro atoms. The van der Waals surface area contributed by atoms with Gasteiger partial charge in [0.05, 0.1) is 13.2 Å². The van der Waals surface area contributed by atoms with Crippen molar-refractivity contribution in [1.29, 1.82) is 0 Å². The maximum Gasteiger partial charge on any atom is 0.494 e. The van der Waals surface area contributed by atoms with Crippen LogP contribution in [0, 0.1) is 11.6 Å². The first kappa shape index (κ1) is 11.5. The zero-order valence-corrected chi connectivity index (χ0v) is 8.78. The molecule has 0 atom stereocenters. The van der Waals surface area contributed by atoms with E-state index in [2.05, 4.69) is 0 Å². The highest BCUT2D eigenvalue weighted by atomic mass is 19.2. The van der Waals surface area contributed by atoms with Gasteiger partial charge >= 0.3 is 7.12 Å². The molecule has 0 unspecified atom stereocenters. The standard InChI is InChI=1S/C10H11BF2O3/c1-14-8-5-15-11(16-6-8)7-2-3-9(12)10(13)4-7/h2-4,8H,5-6H2,1H3. The summed E-state index contributed by atoms with van der Waals surface area (Å²) in [7, 11) is 0.913. The maximum absolute atomic E-state index is 13.0. The average molecular weight is 228 g/mol. The Morgan fingerprint density at radius 2 is 1.94 bits per heavy atom. The van der Waals surface area contributed by atoms with Gasteiger partial charge in [0.1, 0.15) is 6.10 Å².